The molecule has 1 atom stereocenters. The molecule has 100 valence electrons. The quantitative estimate of drug-likeness (QED) is 0.830. The first-order valence-corrected chi connectivity index (χ1v) is 7.23. The van der Waals surface area contributed by atoms with Crippen molar-refractivity contribution >= 4 is 0 Å². The maximum Gasteiger partial charge on any atom is 0.0294 e. The third-order valence-corrected chi connectivity index (χ3v) is 4.14. The van der Waals surface area contributed by atoms with Crippen LogP contribution in [0.25, 0.3) is 0 Å². The molecule has 1 aromatic carbocycles. The molecule has 1 saturated carbocycles. The van der Waals surface area contributed by atoms with Gasteiger partial charge >= 0.3 is 0 Å². The van der Waals surface area contributed by atoms with Gasteiger partial charge in [-0.3, -0.25) is 0 Å². The van der Waals surface area contributed by atoms with Gasteiger partial charge in [-0.05, 0) is 42.2 Å². The second-order valence-electron chi connectivity index (χ2n) is 7.03. The van der Waals surface area contributed by atoms with E-state index in [-0.39, 0.29) is 5.41 Å². The maximum absolute atomic E-state index is 3.72. The molecule has 1 fully saturated rings. The molecule has 1 aliphatic rings. The van der Waals surface area contributed by atoms with Gasteiger partial charge in [-0.25, -0.2) is 0 Å². The first-order valence-electron chi connectivity index (χ1n) is 7.23. The van der Waals surface area contributed by atoms with Crippen molar-refractivity contribution in [2.24, 2.45) is 5.92 Å². The molecule has 0 aromatic heterocycles. The second-order valence-corrected chi connectivity index (χ2v) is 7.03. The van der Waals surface area contributed by atoms with Gasteiger partial charge in [0.05, 0.1) is 0 Å². The number of rotatable bonds is 3. The molecular formula is C17H27N. The van der Waals surface area contributed by atoms with Crippen molar-refractivity contribution in [1.29, 1.82) is 0 Å². The van der Waals surface area contributed by atoms with E-state index in [1.165, 1.54) is 24.0 Å². The van der Waals surface area contributed by atoms with Crippen molar-refractivity contribution in [3.8, 4) is 0 Å². The molecule has 0 bridgehead atoms. The molecule has 1 aromatic rings. The van der Waals surface area contributed by atoms with Crippen LogP contribution in [-0.2, 0) is 5.41 Å². The highest BCUT2D eigenvalue weighted by molar-refractivity contribution is 5.29. The lowest BCUT2D eigenvalue weighted by atomic mass is 9.81. The van der Waals surface area contributed by atoms with E-state index >= 15 is 0 Å². The molecule has 18 heavy (non-hydrogen) atoms. The zero-order chi connectivity index (χ0) is 13.3. The van der Waals surface area contributed by atoms with Crippen molar-refractivity contribution in [2.75, 3.05) is 0 Å². The Morgan fingerprint density at radius 2 is 1.67 bits per heavy atom. The molecule has 0 aliphatic heterocycles. The van der Waals surface area contributed by atoms with Crippen LogP contribution >= 0.6 is 0 Å². The highest BCUT2D eigenvalue weighted by Crippen LogP contribution is 2.29. The lowest BCUT2D eigenvalue weighted by Crippen LogP contribution is -2.41. The molecule has 0 amide bonds. The van der Waals surface area contributed by atoms with Gasteiger partial charge in [0, 0.05) is 12.1 Å². The molecular weight excluding hydrogens is 218 g/mol. The summed E-state index contributed by atoms with van der Waals surface area (Å²) in [5.41, 5.74) is 3.07. The topological polar surface area (TPSA) is 12.0 Å². The van der Waals surface area contributed by atoms with Crippen LogP contribution in [0, 0.1) is 5.92 Å². The molecule has 2 rings (SSSR count). The van der Waals surface area contributed by atoms with Gasteiger partial charge in [-0.1, -0.05) is 52.0 Å². The van der Waals surface area contributed by atoms with E-state index in [0.717, 1.165) is 12.0 Å². The monoisotopic (exact) mass is 245 g/mol. The molecule has 1 nitrogen and oxygen atoms in total. The van der Waals surface area contributed by atoms with E-state index in [9.17, 15) is 0 Å². The average Bonchev–Trinajstić information content (AvgIpc) is 2.26. The Morgan fingerprint density at radius 1 is 1.11 bits per heavy atom. The van der Waals surface area contributed by atoms with Gasteiger partial charge in [-0.15, -0.1) is 0 Å². The van der Waals surface area contributed by atoms with Gasteiger partial charge in [0.1, 0.15) is 0 Å². The highest BCUT2D eigenvalue weighted by Gasteiger charge is 2.26. The van der Waals surface area contributed by atoms with Crippen LogP contribution in [0.15, 0.2) is 24.3 Å². The maximum atomic E-state index is 3.72. The first kappa shape index (κ1) is 13.6. The Labute approximate surface area is 112 Å². The van der Waals surface area contributed by atoms with E-state index in [1.807, 2.05) is 0 Å². The highest BCUT2D eigenvalue weighted by atomic mass is 15.0. The fraction of sp³-hybridized carbons (Fsp3) is 0.647. The Morgan fingerprint density at radius 3 is 2.11 bits per heavy atom. The second kappa shape index (κ2) is 5.05. The number of hydrogen-bond donors (Lipinski definition) is 1. The normalized spacial score (nSPS) is 25.6. The smallest absolute Gasteiger partial charge is 0.0294 e. The predicted octanol–water partition coefficient (Wildman–Crippen LogP) is 4.43. The fourth-order valence-electron chi connectivity index (χ4n) is 2.76. The van der Waals surface area contributed by atoms with E-state index in [0.29, 0.717) is 6.04 Å². The van der Waals surface area contributed by atoms with Crippen LogP contribution in [0.5, 0.6) is 0 Å². The van der Waals surface area contributed by atoms with Crippen molar-refractivity contribution in [3.05, 3.63) is 35.4 Å². The van der Waals surface area contributed by atoms with Crippen LogP contribution in [0.3, 0.4) is 0 Å². The van der Waals surface area contributed by atoms with E-state index in [4.69, 9.17) is 0 Å². The largest absolute Gasteiger partial charge is 0.307 e. The van der Waals surface area contributed by atoms with E-state index in [2.05, 4.69) is 64.2 Å². The van der Waals surface area contributed by atoms with Crippen LogP contribution in [0.4, 0.5) is 0 Å². The van der Waals surface area contributed by atoms with Gasteiger partial charge < -0.3 is 5.32 Å². The molecule has 1 N–H and O–H groups in total. The van der Waals surface area contributed by atoms with Crippen LogP contribution in [0.1, 0.15) is 64.6 Å². The van der Waals surface area contributed by atoms with Gasteiger partial charge in [0.15, 0.2) is 0 Å². The van der Waals surface area contributed by atoms with Crippen molar-refractivity contribution < 1.29 is 0 Å². The zero-order valence-electron chi connectivity index (χ0n) is 12.5. The van der Waals surface area contributed by atoms with Crippen molar-refractivity contribution in [3.63, 3.8) is 0 Å². The van der Waals surface area contributed by atoms with E-state index < -0.39 is 0 Å². The minimum atomic E-state index is 0.249. The van der Waals surface area contributed by atoms with Gasteiger partial charge in [0.25, 0.3) is 0 Å². The minimum Gasteiger partial charge on any atom is -0.307 e. The fourth-order valence-corrected chi connectivity index (χ4v) is 2.76. The molecule has 0 heterocycles. The van der Waals surface area contributed by atoms with Gasteiger partial charge in [0.2, 0.25) is 0 Å². The summed E-state index contributed by atoms with van der Waals surface area (Å²) < 4.78 is 0. The summed E-state index contributed by atoms with van der Waals surface area (Å²) in [4.78, 5) is 0. The lowest BCUT2D eigenvalue weighted by molar-refractivity contribution is 0.226. The Kier molecular flexibility index (Phi) is 3.82. The Hall–Kier alpha value is -0.820. The summed E-state index contributed by atoms with van der Waals surface area (Å²) in [6, 6.07) is 10.3. The molecule has 1 unspecified atom stereocenters. The Bertz CT molecular complexity index is 379. The van der Waals surface area contributed by atoms with E-state index in [1.54, 1.807) is 0 Å². The van der Waals surface area contributed by atoms with Crippen LogP contribution in [0.2, 0.25) is 0 Å². The Balaban J connectivity index is 1.96. The summed E-state index contributed by atoms with van der Waals surface area (Å²) in [5, 5.41) is 3.72. The predicted molar refractivity (Wildman–Crippen MR) is 78.9 cm³/mol. The molecule has 0 saturated heterocycles. The number of nitrogens with one attached hydrogen (secondary N) is 1. The lowest BCUT2D eigenvalue weighted by Gasteiger charge is -2.36. The van der Waals surface area contributed by atoms with Crippen molar-refractivity contribution in [1.82, 2.24) is 5.32 Å². The van der Waals surface area contributed by atoms with Crippen LogP contribution < -0.4 is 5.32 Å². The number of hydrogen-bond acceptors (Lipinski definition) is 1. The average molecular weight is 245 g/mol. The SMILES string of the molecule is CC1CC(NC(C)c2ccc(C(C)(C)C)cc2)C1. The molecule has 1 heteroatoms. The van der Waals surface area contributed by atoms with Crippen molar-refractivity contribution in [2.45, 2.75) is 65.0 Å². The first-order chi connectivity index (χ1) is 8.36. The summed E-state index contributed by atoms with van der Waals surface area (Å²) >= 11 is 0. The third-order valence-electron chi connectivity index (χ3n) is 4.14. The standard InChI is InChI=1S/C17H27N/c1-12-10-16(11-12)18-13(2)14-6-8-15(9-7-14)17(3,4)5/h6-9,12-13,16,18H,10-11H2,1-5H3. The molecule has 0 radical (unpaired) electrons. The molecule has 0 spiro atoms. The summed E-state index contributed by atoms with van der Waals surface area (Å²) in [6.45, 7) is 11.4. The number of benzene rings is 1. The summed E-state index contributed by atoms with van der Waals surface area (Å²) in [7, 11) is 0. The molecule has 1 aliphatic carbocycles. The minimum absolute atomic E-state index is 0.249. The zero-order valence-corrected chi connectivity index (χ0v) is 12.5. The summed E-state index contributed by atoms with van der Waals surface area (Å²) in [5.74, 6) is 0.915. The van der Waals surface area contributed by atoms with Gasteiger partial charge in [-0.2, -0.15) is 0 Å². The third kappa shape index (κ3) is 3.14. The van der Waals surface area contributed by atoms with Crippen LogP contribution in [-0.4, -0.2) is 6.04 Å². The summed E-state index contributed by atoms with van der Waals surface area (Å²) in [6.07, 6.45) is 2.68.